The maximum Gasteiger partial charge on any atom is 0.234 e. The topological polar surface area (TPSA) is 56.8 Å². The summed E-state index contributed by atoms with van der Waals surface area (Å²) < 4.78 is 15.2. The van der Waals surface area contributed by atoms with Gasteiger partial charge in [-0.3, -0.25) is 4.79 Å². The highest BCUT2D eigenvalue weighted by atomic mass is 32.2. The van der Waals surface area contributed by atoms with Crippen LogP contribution in [0.15, 0.2) is 18.2 Å². The molecule has 0 atom stereocenters. The lowest BCUT2D eigenvalue weighted by Crippen LogP contribution is -2.14. The first-order chi connectivity index (χ1) is 9.21. The van der Waals surface area contributed by atoms with Gasteiger partial charge in [-0.2, -0.15) is 0 Å². The molecule has 0 heterocycles. The van der Waals surface area contributed by atoms with Gasteiger partial charge in [0.05, 0.1) is 26.6 Å². The van der Waals surface area contributed by atoms with Gasteiger partial charge >= 0.3 is 0 Å². The summed E-state index contributed by atoms with van der Waals surface area (Å²) in [4.78, 5) is 11.7. The van der Waals surface area contributed by atoms with Gasteiger partial charge < -0.3 is 19.5 Å². The molecular weight excluding hydrogens is 266 g/mol. The second kappa shape index (κ2) is 8.66. The summed E-state index contributed by atoms with van der Waals surface area (Å²) in [6, 6.07) is 5.27. The predicted molar refractivity (Wildman–Crippen MR) is 77.4 cm³/mol. The number of rotatable bonds is 8. The summed E-state index contributed by atoms with van der Waals surface area (Å²) in [5.41, 5.74) is 0.690. The van der Waals surface area contributed by atoms with Gasteiger partial charge in [0.1, 0.15) is 0 Å². The van der Waals surface area contributed by atoms with Crippen LogP contribution in [0.2, 0.25) is 0 Å². The summed E-state index contributed by atoms with van der Waals surface area (Å²) in [6.45, 7) is 0.647. The van der Waals surface area contributed by atoms with E-state index < -0.39 is 0 Å². The van der Waals surface area contributed by atoms with Crippen LogP contribution >= 0.6 is 11.8 Å². The molecule has 1 rings (SSSR count). The number of carbonyl (C=O) groups excluding carboxylic acids is 1. The molecule has 1 amide bonds. The summed E-state index contributed by atoms with van der Waals surface area (Å²) in [5.74, 6) is 2.38. The highest BCUT2D eigenvalue weighted by Crippen LogP contribution is 2.29. The Bertz CT molecular complexity index is 412. The fourth-order valence-electron chi connectivity index (χ4n) is 1.42. The number of amides is 1. The highest BCUT2D eigenvalue weighted by Gasteiger charge is 2.07. The largest absolute Gasteiger partial charge is 0.493 e. The van der Waals surface area contributed by atoms with Crippen molar-refractivity contribution in [3.05, 3.63) is 18.2 Å². The summed E-state index contributed by atoms with van der Waals surface area (Å²) >= 11 is 1.53. The van der Waals surface area contributed by atoms with E-state index in [1.165, 1.54) is 11.8 Å². The SMILES string of the molecule is COCCSCC(=O)Nc1ccc(OC)c(OC)c1. The first-order valence-electron chi connectivity index (χ1n) is 5.79. The second-order valence-electron chi connectivity index (χ2n) is 3.66. The predicted octanol–water partition coefficient (Wildman–Crippen LogP) is 2.02. The van der Waals surface area contributed by atoms with Crippen LogP contribution in [-0.2, 0) is 9.53 Å². The average molecular weight is 285 g/mol. The lowest BCUT2D eigenvalue weighted by atomic mass is 10.2. The molecule has 0 aliphatic heterocycles. The molecule has 0 aliphatic carbocycles. The van der Waals surface area contributed by atoms with E-state index in [0.29, 0.717) is 29.5 Å². The monoisotopic (exact) mass is 285 g/mol. The Morgan fingerprint density at radius 2 is 1.95 bits per heavy atom. The third kappa shape index (κ3) is 5.40. The van der Waals surface area contributed by atoms with E-state index in [0.717, 1.165) is 5.75 Å². The van der Waals surface area contributed by atoms with Crippen LogP contribution in [0.1, 0.15) is 0 Å². The molecule has 0 saturated heterocycles. The van der Waals surface area contributed by atoms with E-state index in [9.17, 15) is 4.79 Å². The highest BCUT2D eigenvalue weighted by molar-refractivity contribution is 7.99. The Morgan fingerprint density at radius 3 is 2.58 bits per heavy atom. The van der Waals surface area contributed by atoms with Crippen molar-refractivity contribution in [2.45, 2.75) is 0 Å². The van der Waals surface area contributed by atoms with Crippen molar-refractivity contribution in [3.8, 4) is 11.5 Å². The first-order valence-corrected chi connectivity index (χ1v) is 6.95. The lowest BCUT2D eigenvalue weighted by molar-refractivity contribution is -0.113. The number of hydrogen-bond acceptors (Lipinski definition) is 5. The van der Waals surface area contributed by atoms with Gasteiger partial charge in [0.15, 0.2) is 11.5 Å². The van der Waals surface area contributed by atoms with Crippen LogP contribution < -0.4 is 14.8 Å². The molecule has 0 radical (unpaired) electrons. The number of hydrogen-bond donors (Lipinski definition) is 1. The number of anilines is 1. The molecule has 6 heteroatoms. The molecule has 1 N–H and O–H groups in total. The summed E-state index contributed by atoms with van der Waals surface area (Å²) in [5, 5.41) is 2.81. The van der Waals surface area contributed by atoms with Crippen molar-refractivity contribution in [2.75, 3.05) is 44.8 Å². The van der Waals surface area contributed by atoms with Gasteiger partial charge in [0.2, 0.25) is 5.91 Å². The molecule has 0 spiro atoms. The van der Waals surface area contributed by atoms with Crippen LogP contribution in [0.25, 0.3) is 0 Å². The van der Waals surface area contributed by atoms with Crippen molar-refractivity contribution in [3.63, 3.8) is 0 Å². The Morgan fingerprint density at radius 1 is 1.21 bits per heavy atom. The molecule has 1 aromatic carbocycles. The molecule has 0 aliphatic rings. The number of nitrogens with one attached hydrogen (secondary N) is 1. The van der Waals surface area contributed by atoms with E-state index in [1.807, 2.05) is 0 Å². The maximum atomic E-state index is 11.7. The van der Waals surface area contributed by atoms with Gasteiger partial charge in [-0.15, -0.1) is 11.8 Å². The molecule has 19 heavy (non-hydrogen) atoms. The Hall–Kier alpha value is -1.40. The van der Waals surface area contributed by atoms with Crippen molar-refractivity contribution in [2.24, 2.45) is 0 Å². The minimum absolute atomic E-state index is 0.0478. The van der Waals surface area contributed by atoms with Gasteiger partial charge in [-0.25, -0.2) is 0 Å². The fraction of sp³-hybridized carbons (Fsp3) is 0.462. The van der Waals surface area contributed by atoms with Crippen molar-refractivity contribution < 1.29 is 19.0 Å². The Labute approximate surface area is 117 Å². The molecule has 0 fully saturated rings. The molecule has 0 bridgehead atoms. The number of thioether (sulfide) groups is 1. The molecular formula is C13H19NO4S. The number of carbonyl (C=O) groups is 1. The molecule has 0 unspecified atom stereocenters. The molecule has 5 nitrogen and oxygen atoms in total. The lowest BCUT2D eigenvalue weighted by Gasteiger charge is -2.10. The molecule has 106 valence electrons. The second-order valence-corrected chi connectivity index (χ2v) is 4.77. The zero-order valence-electron chi connectivity index (χ0n) is 11.4. The Balaban J connectivity index is 2.50. The molecule has 0 saturated carbocycles. The molecule has 0 aromatic heterocycles. The van der Waals surface area contributed by atoms with E-state index in [1.54, 1.807) is 39.5 Å². The van der Waals surface area contributed by atoms with E-state index >= 15 is 0 Å². The minimum Gasteiger partial charge on any atom is -0.493 e. The van der Waals surface area contributed by atoms with Gasteiger partial charge in [0, 0.05) is 24.6 Å². The van der Waals surface area contributed by atoms with Crippen LogP contribution in [0.4, 0.5) is 5.69 Å². The van der Waals surface area contributed by atoms with Gasteiger partial charge in [-0.1, -0.05) is 0 Å². The standard InChI is InChI=1S/C13H19NO4S/c1-16-6-7-19-9-13(15)14-10-4-5-11(17-2)12(8-10)18-3/h4-5,8H,6-7,9H2,1-3H3,(H,14,15). The maximum absolute atomic E-state index is 11.7. The minimum atomic E-state index is -0.0478. The van der Waals surface area contributed by atoms with Crippen LogP contribution in [0, 0.1) is 0 Å². The van der Waals surface area contributed by atoms with Gasteiger partial charge in [-0.05, 0) is 12.1 Å². The quantitative estimate of drug-likeness (QED) is 0.741. The zero-order chi connectivity index (χ0) is 14.1. The third-order valence-electron chi connectivity index (χ3n) is 2.33. The van der Waals surface area contributed by atoms with Crippen LogP contribution in [0.5, 0.6) is 11.5 Å². The van der Waals surface area contributed by atoms with Crippen LogP contribution in [-0.4, -0.2) is 45.3 Å². The summed E-state index contributed by atoms with van der Waals surface area (Å²) in [7, 11) is 4.77. The van der Waals surface area contributed by atoms with Gasteiger partial charge in [0.25, 0.3) is 0 Å². The van der Waals surface area contributed by atoms with Crippen LogP contribution in [0.3, 0.4) is 0 Å². The summed E-state index contributed by atoms with van der Waals surface area (Å²) in [6.07, 6.45) is 0. The third-order valence-corrected chi connectivity index (χ3v) is 3.25. The Kier molecular flexibility index (Phi) is 7.14. The van der Waals surface area contributed by atoms with Crippen molar-refractivity contribution >= 4 is 23.4 Å². The van der Waals surface area contributed by atoms with Crippen molar-refractivity contribution in [1.29, 1.82) is 0 Å². The first kappa shape index (κ1) is 15.7. The smallest absolute Gasteiger partial charge is 0.234 e. The fourth-order valence-corrected chi connectivity index (χ4v) is 2.10. The number of ether oxygens (including phenoxy) is 3. The normalized spacial score (nSPS) is 10.1. The van der Waals surface area contributed by atoms with E-state index in [-0.39, 0.29) is 5.91 Å². The zero-order valence-corrected chi connectivity index (χ0v) is 12.2. The number of benzene rings is 1. The van der Waals surface area contributed by atoms with E-state index in [2.05, 4.69) is 5.32 Å². The number of methoxy groups -OCH3 is 3. The molecule has 1 aromatic rings. The van der Waals surface area contributed by atoms with Crippen molar-refractivity contribution in [1.82, 2.24) is 0 Å². The average Bonchev–Trinajstić information content (AvgIpc) is 2.43. The van der Waals surface area contributed by atoms with E-state index in [4.69, 9.17) is 14.2 Å².